The van der Waals surface area contributed by atoms with Crippen LogP contribution in [0.15, 0.2) is 0 Å². The Morgan fingerprint density at radius 3 is 2.42 bits per heavy atom. The van der Waals surface area contributed by atoms with Crippen molar-refractivity contribution >= 4 is 12.0 Å². The quantitative estimate of drug-likeness (QED) is 0.681. The number of carboxylic acid groups (broad SMARTS) is 1. The molecule has 1 aliphatic heterocycles. The molecule has 6 heteroatoms. The van der Waals surface area contributed by atoms with Crippen LogP contribution in [-0.2, 0) is 9.53 Å². The van der Waals surface area contributed by atoms with Gasteiger partial charge < -0.3 is 20.5 Å². The standard InChI is InChI=1S/C13H24N2O4/c1-4-10(5-2)9(3)14-12(18)15-13(11(16)17)6-7-19-8-13/h9-10H,4-8H2,1-3H3,(H,16,17)(H2,14,15,18). The summed E-state index contributed by atoms with van der Waals surface area (Å²) in [6, 6.07) is -0.421. The molecule has 1 rings (SSSR count). The number of hydrogen-bond acceptors (Lipinski definition) is 3. The van der Waals surface area contributed by atoms with E-state index in [0.717, 1.165) is 12.8 Å². The van der Waals surface area contributed by atoms with Gasteiger partial charge in [0, 0.05) is 19.1 Å². The van der Waals surface area contributed by atoms with E-state index in [1.54, 1.807) is 0 Å². The van der Waals surface area contributed by atoms with Crippen LogP contribution in [0.25, 0.3) is 0 Å². The van der Waals surface area contributed by atoms with Crippen molar-refractivity contribution in [3.63, 3.8) is 0 Å². The van der Waals surface area contributed by atoms with Crippen LogP contribution >= 0.6 is 0 Å². The van der Waals surface area contributed by atoms with E-state index < -0.39 is 17.5 Å². The van der Waals surface area contributed by atoms with Crippen LogP contribution in [0, 0.1) is 5.92 Å². The van der Waals surface area contributed by atoms with Gasteiger partial charge in [-0.2, -0.15) is 0 Å². The molecule has 2 atom stereocenters. The molecule has 0 saturated carbocycles. The number of hydrogen-bond donors (Lipinski definition) is 3. The Balaban J connectivity index is 2.56. The molecule has 1 heterocycles. The molecular formula is C13H24N2O4. The van der Waals surface area contributed by atoms with Gasteiger partial charge in [0.15, 0.2) is 5.54 Å². The minimum absolute atomic E-state index is 0.0168. The van der Waals surface area contributed by atoms with Crippen molar-refractivity contribution in [2.75, 3.05) is 13.2 Å². The first kappa shape index (κ1) is 15.8. The van der Waals surface area contributed by atoms with E-state index in [1.807, 2.05) is 6.92 Å². The zero-order valence-electron chi connectivity index (χ0n) is 11.9. The maximum absolute atomic E-state index is 11.9. The molecule has 6 nitrogen and oxygen atoms in total. The lowest BCUT2D eigenvalue weighted by molar-refractivity contribution is -0.144. The Kier molecular flexibility index (Phi) is 5.60. The van der Waals surface area contributed by atoms with Gasteiger partial charge in [-0.3, -0.25) is 0 Å². The van der Waals surface area contributed by atoms with Gasteiger partial charge in [0.25, 0.3) is 0 Å². The highest BCUT2D eigenvalue weighted by molar-refractivity contribution is 5.86. The van der Waals surface area contributed by atoms with Crippen molar-refractivity contribution in [1.82, 2.24) is 10.6 Å². The van der Waals surface area contributed by atoms with E-state index in [9.17, 15) is 14.7 Å². The number of rotatable bonds is 6. The molecule has 2 unspecified atom stereocenters. The summed E-state index contributed by atoms with van der Waals surface area (Å²) < 4.78 is 5.09. The SMILES string of the molecule is CCC(CC)C(C)NC(=O)NC1(C(=O)O)CCOC1. The molecule has 110 valence electrons. The zero-order valence-corrected chi connectivity index (χ0v) is 11.9. The number of amides is 2. The van der Waals surface area contributed by atoms with Gasteiger partial charge in [-0.15, -0.1) is 0 Å². The first-order valence-electron chi connectivity index (χ1n) is 6.85. The minimum Gasteiger partial charge on any atom is -0.479 e. The van der Waals surface area contributed by atoms with E-state index in [4.69, 9.17) is 4.74 Å². The first-order chi connectivity index (χ1) is 8.95. The zero-order chi connectivity index (χ0) is 14.5. The fourth-order valence-corrected chi connectivity index (χ4v) is 2.46. The van der Waals surface area contributed by atoms with Gasteiger partial charge >= 0.3 is 12.0 Å². The third-order valence-electron chi connectivity index (χ3n) is 3.90. The fourth-order valence-electron chi connectivity index (χ4n) is 2.46. The first-order valence-corrected chi connectivity index (χ1v) is 6.85. The summed E-state index contributed by atoms with van der Waals surface area (Å²) in [5, 5.41) is 14.6. The number of ether oxygens (including phenoxy) is 1. The lowest BCUT2D eigenvalue weighted by Crippen LogP contribution is -2.59. The van der Waals surface area contributed by atoms with Crippen molar-refractivity contribution in [1.29, 1.82) is 0 Å². The Hall–Kier alpha value is -1.30. The summed E-state index contributed by atoms with van der Waals surface area (Å²) in [7, 11) is 0. The Morgan fingerprint density at radius 2 is 2.00 bits per heavy atom. The molecule has 1 saturated heterocycles. The molecule has 1 fully saturated rings. The smallest absolute Gasteiger partial charge is 0.332 e. The molecular weight excluding hydrogens is 248 g/mol. The van der Waals surface area contributed by atoms with Crippen LogP contribution in [0.2, 0.25) is 0 Å². The molecule has 1 aliphatic rings. The summed E-state index contributed by atoms with van der Waals surface area (Å²) in [6.07, 6.45) is 2.26. The fraction of sp³-hybridized carbons (Fsp3) is 0.846. The highest BCUT2D eigenvalue weighted by atomic mass is 16.5. The monoisotopic (exact) mass is 272 g/mol. The molecule has 3 N–H and O–H groups in total. The van der Waals surface area contributed by atoms with E-state index in [2.05, 4.69) is 24.5 Å². The van der Waals surface area contributed by atoms with Gasteiger partial charge in [-0.05, 0) is 12.8 Å². The average molecular weight is 272 g/mol. The second kappa shape index (κ2) is 6.75. The molecule has 0 aliphatic carbocycles. The Morgan fingerprint density at radius 1 is 1.37 bits per heavy atom. The van der Waals surface area contributed by atoms with E-state index in [1.165, 1.54) is 0 Å². The average Bonchev–Trinajstić information content (AvgIpc) is 2.80. The molecule has 19 heavy (non-hydrogen) atoms. The normalized spacial score (nSPS) is 24.2. The number of carbonyl (C=O) groups is 2. The highest BCUT2D eigenvalue weighted by Crippen LogP contribution is 2.19. The lowest BCUT2D eigenvalue weighted by atomic mass is 9.95. The van der Waals surface area contributed by atoms with Crippen LogP contribution in [0.5, 0.6) is 0 Å². The van der Waals surface area contributed by atoms with Crippen LogP contribution in [0.4, 0.5) is 4.79 Å². The van der Waals surface area contributed by atoms with E-state index >= 15 is 0 Å². The van der Waals surface area contributed by atoms with Crippen LogP contribution in [0.3, 0.4) is 0 Å². The lowest BCUT2D eigenvalue weighted by Gasteiger charge is -2.27. The van der Waals surface area contributed by atoms with Gasteiger partial charge in [0.05, 0.1) is 6.61 Å². The summed E-state index contributed by atoms with van der Waals surface area (Å²) in [4.78, 5) is 23.2. The predicted octanol–water partition coefficient (Wildman–Crippen LogP) is 1.35. The number of aliphatic carboxylic acids is 1. The van der Waals surface area contributed by atoms with Crippen molar-refractivity contribution in [3.8, 4) is 0 Å². The molecule has 0 aromatic carbocycles. The van der Waals surface area contributed by atoms with E-state index in [-0.39, 0.29) is 12.6 Å². The second-order valence-electron chi connectivity index (χ2n) is 5.15. The topological polar surface area (TPSA) is 87.7 Å². The molecule has 0 spiro atoms. The molecule has 0 aromatic rings. The molecule has 2 amide bonds. The van der Waals surface area contributed by atoms with Crippen molar-refractivity contribution < 1.29 is 19.4 Å². The predicted molar refractivity (Wildman–Crippen MR) is 71.0 cm³/mol. The van der Waals surface area contributed by atoms with Gasteiger partial charge in [-0.25, -0.2) is 9.59 Å². The van der Waals surface area contributed by atoms with Crippen LogP contribution in [0.1, 0.15) is 40.0 Å². The third-order valence-corrected chi connectivity index (χ3v) is 3.90. The summed E-state index contributed by atoms with van der Waals surface area (Å²) in [5.41, 5.74) is -1.28. The summed E-state index contributed by atoms with van der Waals surface area (Å²) in [6.45, 7) is 6.47. The Bertz CT molecular complexity index is 323. The number of nitrogens with one attached hydrogen (secondary N) is 2. The second-order valence-corrected chi connectivity index (χ2v) is 5.15. The third kappa shape index (κ3) is 3.83. The van der Waals surface area contributed by atoms with Gasteiger partial charge in [0.2, 0.25) is 0 Å². The van der Waals surface area contributed by atoms with Crippen molar-refractivity contribution in [2.45, 2.75) is 51.6 Å². The largest absolute Gasteiger partial charge is 0.479 e. The van der Waals surface area contributed by atoms with Crippen LogP contribution in [-0.4, -0.2) is 41.9 Å². The van der Waals surface area contributed by atoms with E-state index in [0.29, 0.717) is 18.9 Å². The molecule has 0 radical (unpaired) electrons. The number of carbonyl (C=O) groups excluding carboxylic acids is 1. The van der Waals surface area contributed by atoms with Gasteiger partial charge in [0.1, 0.15) is 0 Å². The Labute approximate surface area is 113 Å². The number of urea groups is 1. The van der Waals surface area contributed by atoms with Crippen molar-refractivity contribution in [2.24, 2.45) is 5.92 Å². The molecule has 0 aromatic heterocycles. The maximum atomic E-state index is 11.9. The summed E-state index contributed by atoms with van der Waals surface area (Å²) >= 11 is 0. The number of carboxylic acids is 1. The van der Waals surface area contributed by atoms with Gasteiger partial charge in [-0.1, -0.05) is 26.7 Å². The summed E-state index contributed by atoms with van der Waals surface area (Å²) in [5.74, 6) is -0.651. The van der Waals surface area contributed by atoms with Crippen molar-refractivity contribution in [3.05, 3.63) is 0 Å². The maximum Gasteiger partial charge on any atom is 0.332 e. The molecule has 0 bridgehead atoms. The highest BCUT2D eigenvalue weighted by Gasteiger charge is 2.44. The minimum atomic E-state index is -1.28. The van der Waals surface area contributed by atoms with Crippen LogP contribution < -0.4 is 10.6 Å².